The van der Waals surface area contributed by atoms with Crippen LogP contribution in [-0.4, -0.2) is 23.7 Å². The molecule has 1 aromatic carbocycles. The first-order valence-electron chi connectivity index (χ1n) is 11.2. The molecular formula is C26H37N3O2. The largest absolute Gasteiger partial charge is 0.493 e. The van der Waals surface area contributed by atoms with E-state index in [0.29, 0.717) is 19.4 Å². The van der Waals surface area contributed by atoms with E-state index in [0.717, 1.165) is 24.2 Å². The van der Waals surface area contributed by atoms with Crippen LogP contribution in [0.15, 0.2) is 47.8 Å². The number of carbonyl (C=O) groups is 1. The fraction of sp³-hybridized carbons (Fsp3) is 0.500. The number of pyridine rings is 1. The second-order valence-electron chi connectivity index (χ2n) is 9.22. The molecule has 2 rings (SSSR count). The molecule has 0 bridgehead atoms. The van der Waals surface area contributed by atoms with Gasteiger partial charge in [-0.1, -0.05) is 59.7 Å². The molecule has 31 heavy (non-hydrogen) atoms. The summed E-state index contributed by atoms with van der Waals surface area (Å²) in [5, 5.41) is 3.97. The van der Waals surface area contributed by atoms with Gasteiger partial charge in [-0.15, -0.1) is 0 Å². The van der Waals surface area contributed by atoms with E-state index in [1.54, 1.807) is 18.6 Å². The lowest BCUT2D eigenvalue weighted by Crippen LogP contribution is -2.21. The van der Waals surface area contributed by atoms with Crippen LogP contribution in [0.4, 0.5) is 0 Å². The van der Waals surface area contributed by atoms with E-state index in [-0.39, 0.29) is 16.7 Å². The van der Waals surface area contributed by atoms with Gasteiger partial charge in [0, 0.05) is 29.9 Å². The van der Waals surface area contributed by atoms with Crippen molar-refractivity contribution in [2.75, 3.05) is 6.61 Å². The topological polar surface area (TPSA) is 63.6 Å². The maximum absolute atomic E-state index is 12.0. The Morgan fingerprint density at radius 2 is 1.87 bits per heavy atom. The molecule has 168 valence electrons. The summed E-state index contributed by atoms with van der Waals surface area (Å²) in [6.07, 6.45) is 8.06. The number of ether oxygens (including phenoxy) is 1. The number of hydrogen-bond donors (Lipinski definition) is 1. The highest BCUT2D eigenvalue weighted by Gasteiger charge is 2.26. The van der Waals surface area contributed by atoms with Crippen LogP contribution in [0.5, 0.6) is 5.75 Å². The zero-order chi connectivity index (χ0) is 22.9. The summed E-state index contributed by atoms with van der Waals surface area (Å²) in [4.78, 5) is 16.0. The van der Waals surface area contributed by atoms with Crippen LogP contribution in [-0.2, 0) is 15.6 Å². The number of rotatable bonds is 11. The first kappa shape index (κ1) is 24.6. The van der Waals surface area contributed by atoms with Crippen LogP contribution in [0.2, 0.25) is 0 Å². The van der Waals surface area contributed by atoms with Crippen LogP contribution in [0, 0.1) is 0 Å². The standard InChI is InChI=1S/C26H37N3O2/c1-7-25(3,4)21-13-14-23(22(17-21)26(5,6)8-2)31-16-10-12-24(30)29-28-19-20-11-9-15-27-18-20/h9,11,13-15,17-19H,7-8,10,12,16H2,1-6H3,(H,29,30)/b28-19+. The molecule has 0 aliphatic heterocycles. The van der Waals surface area contributed by atoms with Crippen LogP contribution in [0.25, 0.3) is 0 Å². The second-order valence-corrected chi connectivity index (χ2v) is 9.22. The number of nitrogens with one attached hydrogen (secondary N) is 1. The Morgan fingerprint density at radius 3 is 2.52 bits per heavy atom. The third kappa shape index (κ3) is 7.20. The molecule has 0 saturated heterocycles. The van der Waals surface area contributed by atoms with Gasteiger partial charge in [0.25, 0.3) is 0 Å². The van der Waals surface area contributed by atoms with E-state index in [4.69, 9.17) is 4.74 Å². The maximum Gasteiger partial charge on any atom is 0.240 e. The number of carbonyl (C=O) groups excluding carboxylic acids is 1. The fourth-order valence-corrected chi connectivity index (χ4v) is 3.10. The number of hydrazone groups is 1. The zero-order valence-corrected chi connectivity index (χ0v) is 19.9. The van der Waals surface area contributed by atoms with Gasteiger partial charge in [0.2, 0.25) is 5.91 Å². The van der Waals surface area contributed by atoms with Crippen molar-refractivity contribution in [2.45, 2.75) is 78.1 Å². The average molecular weight is 424 g/mol. The zero-order valence-electron chi connectivity index (χ0n) is 19.9. The minimum atomic E-state index is -0.127. The molecule has 1 heterocycles. The number of benzene rings is 1. The van der Waals surface area contributed by atoms with Crippen LogP contribution in [0.1, 0.15) is 83.9 Å². The van der Waals surface area contributed by atoms with E-state index in [9.17, 15) is 4.79 Å². The molecule has 0 fully saturated rings. The van der Waals surface area contributed by atoms with Gasteiger partial charge in [-0.2, -0.15) is 5.10 Å². The molecule has 2 aromatic rings. The van der Waals surface area contributed by atoms with Crippen LogP contribution in [0.3, 0.4) is 0 Å². The maximum atomic E-state index is 12.0. The van der Waals surface area contributed by atoms with Crippen molar-refractivity contribution in [1.82, 2.24) is 10.4 Å². The summed E-state index contributed by atoms with van der Waals surface area (Å²) >= 11 is 0. The quantitative estimate of drug-likeness (QED) is 0.284. The first-order chi connectivity index (χ1) is 14.7. The van der Waals surface area contributed by atoms with E-state index in [1.165, 1.54) is 11.1 Å². The number of nitrogens with zero attached hydrogens (tertiary/aromatic N) is 2. The van der Waals surface area contributed by atoms with Gasteiger partial charge in [-0.05, 0) is 47.8 Å². The Labute approximate surface area is 187 Å². The smallest absolute Gasteiger partial charge is 0.240 e. The van der Waals surface area contributed by atoms with E-state index in [2.05, 4.69) is 75.3 Å². The predicted octanol–water partition coefficient (Wildman–Crippen LogP) is 5.77. The highest BCUT2D eigenvalue weighted by molar-refractivity contribution is 5.81. The van der Waals surface area contributed by atoms with Crippen molar-refractivity contribution in [3.05, 3.63) is 59.4 Å². The van der Waals surface area contributed by atoms with Gasteiger partial charge in [0.1, 0.15) is 5.75 Å². The van der Waals surface area contributed by atoms with Crippen molar-refractivity contribution in [3.8, 4) is 5.75 Å². The summed E-state index contributed by atoms with van der Waals surface area (Å²) in [6.45, 7) is 14.0. The van der Waals surface area contributed by atoms with Crippen molar-refractivity contribution >= 4 is 12.1 Å². The lowest BCUT2D eigenvalue weighted by molar-refractivity contribution is -0.121. The summed E-state index contributed by atoms with van der Waals surface area (Å²) in [5.41, 5.74) is 6.12. The fourth-order valence-electron chi connectivity index (χ4n) is 3.10. The number of hydrogen-bond acceptors (Lipinski definition) is 4. The Kier molecular flexibility index (Phi) is 8.78. The van der Waals surface area contributed by atoms with Crippen molar-refractivity contribution in [3.63, 3.8) is 0 Å². The molecule has 1 aromatic heterocycles. The highest BCUT2D eigenvalue weighted by atomic mass is 16.5. The number of amides is 1. The minimum absolute atomic E-state index is 0.0214. The van der Waals surface area contributed by atoms with Gasteiger partial charge in [-0.3, -0.25) is 9.78 Å². The molecule has 0 unspecified atom stereocenters. The molecule has 5 heteroatoms. The SMILES string of the molecule is CCC(C)(C)c1ccc(OCCCC(=O)N/N=C/c2cccnc2)c(C(C)(C)CC)c1. The minimum Gasteiger partial charge on any atom is -0.493 e. The average Bonchev–Trinajstić information content (AvgIpc) is 2.77. The van der Waals surface area contributed by atoms with Gasteiger partial charge in [0.05, 0.1) is 12.8 Å². The molecule has 0 saturated carbocycles. The molecule has 5 nitrogen and oxygen atoms in total. The lowest BCUT2D eigenvalue weighted by Gasteiger charge is -2.30. The van der Waals surface area contributed by atoms with E-state index in [1.807, 2.05) is 12.1 Å². The van der Waals surface area contributed by atoms with Gasteiger partial charge in [0.15, 0.2) is 0 Å². The summed E-state index contributed by atoms with van der Waals surface area (Å²) in [7, 11) is 0. The Morgan fingerprint density at radius 1 is 1.13 bits per heavy atom. The highest BCUT2D eigenvalue weighted by Crippen LogP contribution is 2.38. The Bertz CT molecular complexity index is 873. The van der Waals surface area contributed by atoms with E-state index < -0.39 is 0 Å². The van der Waals surface area contributed by atoms with Crippen LogP contribution < -0.4 is 10.2 Å². The molecule has 1 N–H and O–H groups in total. The van der Waals surface area contributed by atoms with Crippen molar-refractivity contribution in [1.29, 1.82) is 0 Å². The molecular weight excluding hydrogens is 386 g/mol. The van der Waals surface area contributed by atoms with Crippen molar-refractivity contribution in [2.24, 2.45) is 5.10 Å². The monoisotopic (exact) mass is 423 g/mol. The van der Waals surface area contributed by atoms with Gasteiger partial charge >= 0.3 is 0 Å². The second kappa shape index (κ2) is 11.1. The summed E-state index contributed by atoms with van der Waals surface area (Å²) in [6, 6.07) is 10.3. The first-order valence-corrected chi connectivity index (χ1v) is 11.2. The Balaban J connectivity index is 1.93. The normalized spacial score (nSPS) is 12.2. The molecule has 0 radical (unpaired) electrons. The Hall–Kier alpha value is -2.69. The summed E-state index contributed by atoms with van der Waals surface area (Å²) < 4.78 is 6.12. The molecule has 0 aliphatic rings. The third-order valence-corrected chi connectivity index (χ3v) is 6.15. The van der Waals surface area contributed by atoms with Gasteiger partial charge in [-0.25, -0.2) is 5.43 Å². The molecule has 1 amide bonds. The summed E-state index contributed by atoms with van der Waals surface area (Å²) in [5.74, 6) is 0.787. The van der Waals surface area contributed by atoms with Gasteiger partial charge < -0.3 is 4.74 Å². The molecule has 0 atom stereocenters. The number of aromatic nitrogens is 1. The lowest BCUT2D eigenvalue weighted by atomic mass is 9.76. The van der Waals surface area contributed by atoms with E-state index >= 15 is 0 Å². The molecule has 0 aliphatic carbocycles. The van der Waals surface area contributed by atoms with Crippen LogP contribution >= 0.6 is 0 Å². The van der Waals surface area contributed by atoms with Crippen molar-refractivity contribution < 1.29 is 9.53 Å². The predicted molar refractivity (Wildman–Crippen MR) is 128 cm³/mol. The third-order valence-electron chi connectivity index (χ3n) is 6.15. The molecule has 0 spiro atoms.